The summed E-state index contributed by atoms with van der Waals surface area (Å²) in [5.41, 5.74) is 1.77. The third-order valence-corrected chi connectivity index (χ3v) is 3.79. The zero-order valence-corrected chi connectivity index (χ0v) is 12.6. The van der Waals surface area contributed by atoms with Crippen molar-refractivity contribution in [1.82, 2.24) is 4.98 Å². The molecule has 7 heteroatoms. The smallest absolute Gasteiger partial charge is 0.350 e. The van der Waals surface area contributed by atoms with Crippen molar-refractivity contribution in [3.8, 4) is 11.8 Å². The number of nitrogens with zero attached hydrogens (tertiary/aromatic N) is 2. The van der Waals surface area contributed by atoms with Crippen LogP contribution in [0.5, 0.6) is 5.75 Å². The third-order valence-electron chi connectivity index (χ3n) is 2.74. The summed E-state index contributed by atoms with van der Waals surface area (Å²) in [5.74, 6) is 0.117. The van der Waals surface area contributed by atoms with Gasteiger partial charge in [-0.15, -0.1) is 0 Å². The van der Waals surface area contributed by atoms with Crippen molar-refractivity contribution in [3.05, 3.63) is 34.3 Å². The van der Waals surface area contributed by atoms with Crippen LogP contribution in [0, 0.1) is 18.3 Å². The molecular formula is C14H13N3O3S. The average molecular weight is 303 g/mol. The van der Waals surface area contributed by atoms with Gasteiger partial charge in [0.2, 0.25) is 0 Å². The summed E-state index contributed by atoms with van der Waals surface area (Å²) in [5, 5.41) is 12.5. The second-order valence-corrected chi connectivity index (χ2v) is 5.08. The molecule has 21 heavy (non-hydrogen) atoms. The first-order chi connectivity index (χ1) is 10.1. The van der Waals surface area contributed by atoms with E-state index in [9.17, 15) is 4.79 Å². The molecule has 0 fully saturated rings. The van der Waals surface area contributed by atoms with Crippen LogP contribution >= 0.6 is 11.3 Å². The number of hydrogen-bond acceptors (Lipinski definition) is 7. The Balaban J connectivity index is 2.31. The van der Waals surface area contributed by atoms with Gasteiger partial charge in [0.1, 0.15) is 10.6 Å². The molecule has 2 aromatic rings. The third kappa shape index (κ3) is 3.12. The Morgan fingerprint density at radius 3 is 2.81 bits per heavy atom. The normalized spacial score (nSPS) is 9.81. The molecule has 6 nitrogen and oxygen atoms in total. The Bertz CT molecular complexity index is 719. The molecule has 1 aromatic heterocycles. The summed E-state index contributed by atoms with van der Waals surface area (Å²) >= 11 is 1.20. The maximum atomic E-state index is 11.6. The van der Waals surface area contributed by atoms with E-state index in [1.165, 1.54) is 25.6 Å². The molecule has 1 N–H and O–H groups in total. The van der Waals surface area contributed by atoms with Crippen LogP contribution in [-0.4, -0.2) is 25.2 Å². The molecule has 0 unspecified atom stereocenters. The predicted molar refractivity (Wildman–Crippen MR) is 79.2 cm³/mol. The number of hydrogen-bond donors (Lipinski definition) is 1. The summed E-state index contributed by atoms with van der Waals surface area (Å²) in [4.78, 5) is 16.3. The van der Waals surface area contributed by atoms with Gasteiger partial charge in [0.25, 0.3) is 0 Å². The molecule has 0 spiro atoms. The predicted octanol–water partition coefficient (Wildman–Crippen LogP) is 2.86. The number of aryl methyl sites for hydroxylation is 1. The molecule has 0 aliphatic heterocycles. The number of ether oxygens (including phenoxy) is 2. The second-order valence-electron chi connectivity index (χ2n) is 4.08. The zero-order chi connectivity index (χ0) is 15.4. The molecular weight excluding hydrogens is 290 g/mol. The summed E-state index contributed by atoms with van der Waals surface area (Å²) in [6, 6.07) is 7.08. The fraction of sp³-hybridized carbons (Fsp3) is 0.214. The van der Waals surface area contributed by atoms with Crippen molar-refractivity contribution < 1.29 is 14.3 Å². The van der Waals surface area contributed by atoms with E-state index in [1.807, 2.05) is 6.07 Å². The van der Waals surface area contributed by atoms with E-state index in [0.717, 1.165) is 0 Å². The molecule has 1 aromatic carbocycles. The van der Waals surface area contributed by atoms with E-state index in [-0.39, 0.29) is 0 Å². The number of methoxy groups -OCH3 is 2. The van der Waals surface area contributed by atoms with Crippen LogP contribution in [0.4, 0.5) is 10.8 Å². The summed E-state index contributed by atoms with van der Waals surface area (Å²) in [7, 11) is 2.85. The van der Waals surface area contributed by atoms with E-state index in [0.29, 0.717) is 32.7 Å². The number of nitriles is 1. The molecule has 0 aliphatic rings. The molecule has 0 saturated heterocycles. The van der Waals surface area contributed by atoms with Crippen molar-refractivity contribution in [2.45, 2.75) is 6.92 Å². The number of aromatic nitrogens is 1. The van der Waals surface area contributed by atoms with E-state index >= 15 is 0 Å². The minimum absolute atomic E-state index is 0.412. The number of carbonyl (C=O) groups is 1. The van der Waals surface area contributed by atoms with Crippen molar-refractivity contribution in [1.29, 1.82) is 5.26 Å². The lowest BCUT2D eigenvalue weighted by molar-refractivity contribution is 0.0605. The SMILES string of the molecule is COC(=O)c1sc(Nc2ccc(C#N)cc2OC)nc1C. The molecule has 2 rings (SSSR count). The number of thiazole rings is 1. The average Bonchev–Trinajstić information content (AvgIpc) is 2.87. The highest BCUT2D eigenvalue weighted by Crippen LogP contribution is 2.31. The Kier molecular flexibility index (Phi) is 4.40. The molecule has 0 atom stereocenters. The maximum absolute atomic E-state index is 11.6. The van der Waals surface area contributed by atoms with Gasteiger partial charge in [-0.1, -0.05) is 11.3 Å². The lowest BCUT2D eigenvalue weighted by Crippen LogP contribution is -1.99. The van der Waals surface area contributed by atoms with Crippen LogP contribution in [0.15, 0.2) is 18.2 Å². The van der Waals surface area contributed by atoms with Gasteiger partial charge in [-0.25, -0.2) is 9.78 Å². The van der Waals surface area contributed by atoms with Crippen LogP contribution in [0.25, 0.3) is 0 Å². The number of anilines is 2. The minimum atomic E-state index is -0.412. The molecule has 0 aliphatic carbocycles. The van der Waals surface area contributed by atoms with Gasteiger partial charge in [0.15, 0.2) is 5.13 Å². The lowest BCUT2D eigenvalue weighted by Gasteiger charge is -2.08. The van der Waals surface area contributed by atoms with E-state index < -0.39 is 5.97 Å². The molecule has 0 amide bonds. The van der Waals surface area contributed by atoms with Gasteiger partial charge in [-0.3, -0.25) is 0 Å². The lowest BCUT2D eigenvalue weighted by atomic mass is 10.2. The van der Waals surface area contributed by atoms with Gasteiger partial charge in [-0.05, 0) is 19.1 Å². The van der Waals surface area contributed by atoms with Crippen LogP contribution in [0.1, 0.15) is 20.9 Å². The zero-order valence-electron chi connectivity index (χ0n) is 11.8. The van der Waals surface area contributed by atoms with E-state index in [1.54, 1.807) is 25.1 Å². The number of rotatable bonds is 4. The highest BCUT2D eigenvalue weighted by molar-refractivity contribution is 7.17. The van der Waals surface area contributed by atoms with Crippen molar-refractivity contribution >= 4 is 28.1 Å². The molecule has 0 radical (unpaired) electrons. The van der Waals surface area contributed by atoms with Crippen LogP contribution in [-0.2, 0) is 4.74 Å². The maximum Gasteiger partial charge on any atom is 0.350 e. The van der Waals surface area contributed by atoms with E-state index in [2.05, 4.69) is 10.3 Å². The Labute approximate surface area is 126 Å². The molecule has 0 bridgehead atoms. The van der Waals surface area contributed by atoms with Crippen LogP contribution in [0.2, 0.25) is 0 Å². The Morgan fingerprint density at radius 1 is 1.43 bits per heavy atom. The standard InChI is InChI=1S/C14H13N3O3S/c1-8-12(13(18)20-3)21-14(16-8)17-10-5-4-9(7-15)6-11(10)19-2/h4-6H,1-3H3,(H,16,17). The van der Waals surface area contributed by atoms with Crippen molar-refractivity contribution in [2.24, 2.45) is 0 Å². The van der Waals surface area contributed by atoms with Gasteiger partial charge in [-0.2, -0.15) is 5.26 Å². The Hall–Kier alpha value is -2.59. The highest BCUT2D eigenvalue weighted by atomic mass is 32.1. The minimum Gasteiger partial charge on any atom is -0.495 e. The first kappa shape index (κ1) is 14.8. The quantitative estimate of drug-likeness (QED) is 0.874. The topological polar surface area (TPSA) is 84.2 Å². The van der Waals surface area contributed by atoms with Crippen LogP contribution in [0.3, 0.4) is 0 Å². The fourth-order valence-electron chi connectivity index (χ4n) is 1.71. The first-order valence-corrected chi connectivity index (χ1v) is 6.81. The summed E-state index contributed by atoms with van der Waals surface area (Å²) in [6.45, 7) is 1.74. The summed E-state index contributed by atoms with van der Waals surface area (Å²) in [6.07, 6.45) is 0. The Morgan fingerprint density at radius 2 is 2.19 bits per heavy atom. The highest BCUT2D eigenvalue weighted by Gasteiger charge is 2.16. The molecule has 0 saturated carbocycles. The van der Waals surface area contributed by atoms with Gasteiger partial charge in [0.05, 0.1) is 37.2 Å². The largest absolute Gasteiger partial charge is 0.495 e. The van der Waals surface area contributed by atoms with Gasteiger partial charge < -0.3 is 14.8 Å². The number of nitrogens with one attached hydrogen (secondary N) is 1. The molecule has 108 valence electrons. The number of carbonyl (C=O) groups excluding carboxylic acids is 1. The fourth-order valence-corrected chi connectivity index (χ4v) is 2.61. The van der Waals surface area contributed by atoms with Crippen molar-refractivity contribution in [3.63, 3.8) is 0 Å². The number of benzene rings is 1. The van der Waals surface area contributed by atoms with Gasteiger partial charge in [0, 0.05) is 6.07 Å². The molecule has 1 heterocycles. The van der Waals surface area contributed by atoms with Crippen LogP contribution < -0.4 is 10.1 Å². The van der Waals surface area contributed by atoms with Crippen molar-refractivity contribution in [2.75, 3.05) is 19.5 Å². The van der Waals surface area contributed by atoms with E-state index in [4.69, 9.17) is 14.7 Å². The summed E-state index contributed by atoms with van der Waals surface area (Å²) < 4.78 is 9.94. The first-order valence-electron chi connectivity index (χ1n) is 6.00. The monoisotopic (exact) mass is 303 g/mol. The number of esters is 1. The van der Waals surface area contributed by atoms with Gasteiger partial charge >= 0.3 is 5.97 Å². The second kappa shape index (κ2) is 6.24.